The van der Waals surface area contributed by atoms with Crippen LogP contribution in [-0.2, 0) is 9.59 Å². The highest BCUT2D eigenvalue weighted by Crippen LogP contribution is 2.31. The minimum Gasteiger partial charge on any atom is -0.495 e. The molecule has 0 spiro atoms. The molecule has 0 aliphatic carbocycles. The number of benzene rings is 1. The van der Waals surface area contributed by atoms with E-state index in [1.165, 1.54) is 7.11 Å². The van der Waals surface area contributed by atoms with Crippen LogP contribution in [0, 0.1) is 11.3 Å². The first-order chi connectivity index (χ1) is 11.3. The Kier molecular flexibility index (Phi) is 5.75. The van der Waals surface area contributed by atoms with E-state index in [4.69, 9.17) is 16.3 Å². The van der Waals surface area contributed by atoms with Crippen molar-refractivity contribution < 1.29 is 14.3 Å². The van der Waals surface area contributed by atoms with Crippen LogP contribution in [0.4, 0.5) is 5.69 Å². The molecule has 0 saturated carbocycles. The van der Waals surface area contributed by atoms with Crippen molar-refractivity contribution in [3.63, 3.8) is 0 Å². The molecule has 1 aromatic rings. The zero-order valence-electron chi connectivity index (χ0n) is 14.7. The molecule has 1 unspecified atom stereocenters. The van der Waals surface area contributed by atoms with E-state index in [0.29, 0.717) is 35.5 Å². The van der Waals surface area contributed by atoms with Crippen molar-refractivity contribution in [3.05, 3.63) is 23.2 Å². The number of methoxy groups -OCH3 is 1. The van der Waals surface area contributed by atoms with Crippen molar-refractivity contribution >= 4 is 29.1 Å². The van der Waals surface area contributed by atoms with E-state index in [1.54, 1.807) is 36.9 Å². The van der Waals surface area contributed by atoms with Crippen LogP contribution >= 0.6 is 11.6 Å². The number of piperidine rings is 1. The zero-order valence-corrected chi connectivity index (χ0v) is 15.4. The normalized spacial score (nSPS) is 18.2. The fourth-order valence-corrected chi connectivity index (χ4v) is 3.09. The molecule has 1 aliphatic rings. The summed E-state index contributed by atoms with van der Waals surface area (Å²) in [6, 6.07) is 4.97. The number of anilines is 1. The summed E-state index contributed by atoms with van der Waals surface area (Å²) < 4.78 is 5.24. The lowest BCUT2D eigenvalue weighted by Gasteiger charge is -2.36. The van der Waals surface area contributed by atoms with E-state index < -0.39 is 5.41 Å². The van der Waals surface area contributed by atoms with Gasteiger partial charge in [-0.3, -0.25) is 9.59 Å². The van der Waals surface area contributed by atoms with Crippen molar-refractivity contribution in [2.75, 3.05) is 25.5 Å². The molecule has 0 radical (unpaired) electrons. The average molecular weight is 353 g/mol. The Balaban J connectivity index is 2.15. The summed E-state index contributed by atoms with van der Waals surface area (Å²) >= 11 is 5.99. The Labute approximate surface area is 148 Å². The van der Waals surface area contributed by atoms with Gasteiger partial charge >= 0.3 is 0 Å². The van der Waals surface area contributed by atoms with Crippen molar-refractivity contribution in [2.24, 2.45) is 11.3 Å². The standard InChI is InChI=1S/C18H25ClN2O3/c1-12-6-5-9-21(11-12)17(23)18(2,3)16(22)20-14-10-13(19)7-8-15(14)24-4/h7-8,10,12H,5-6,9,11H2,1-4H3,(H,20,22). The largest absolute Gasteiger partial charge is 0.495 e. The van der Waals surface area contributed by atoms with E-state index in [-0.39, 0.29) is 11.8 Å². The van der Waals surface area contributed by atoms with Crippen LogP contribution in [0.25, 0.3) is 0 Å². The number of nitrogens with zero attached hydrogens (tertiary/aromatic N) is 1. The molecule has 132 valence electrons. The number of hydrogen-bond donors (Lipinski definition) is 1. The number of rotatable bonds is 4. The Morgan fingerprint density at radius 3 is 2.71 bits per heavy atom. The van der Waals surface area contributed by atoms with Gasteiger partial charge in [0, 0.05) is 18.1 Å². The Morgan fingerprint density at radius 1 is 1.38 bits per heavy atom. The molecule has 1 aromatic carbocycles. The van der Waals surface area contributed by atoms with Crippen LogP contribution in [0.5, 0.6) is 5.75 Å². The molecule has 1 atom stereocenters. The van der Waals surface area contributed by atoms with Gasteiger partial charge in [0.05, 0.1) is 12.8 Å². The topological polar surface area (TPSA) is 58.6 Å². The van der Waals surface area contributed by atoms with E-state index in [9.17, 15) is 9.59 Å². The van der Waals surface area contributed by atoms with Gasteiger partial charge in [0.1, 0.15) is 11.2 Å². The van der Waals surface area contributed by atoms with Gasteiger partial charge in [0.2, 0.25) is 11.8 Å². The number of amides is 2. The minimum atomic E-state index is -1.16. The quantitative estimate of drug-likeness (QED) is 0.843. The third kappa shape index (κ3) is 4.01. The molecule has 1 saturated heterocycles. The highest BCUT2D eigenvalue weighted by atomic mass is 35.5. The first kappa shape index (κ1) is 18.6. The maximum absolute atomic E-state index is 12.8. The molecule has 0 bridgehead atoms. The predicted octanol–water partition coefficient (Wildman–Crippen LogP) is 3.57. The molecule has 2 amide bonds. The molecule has 24 heavy (non-hydrogen) atoms. The summed E-state index contributed by atoms with van der Waals surface area (Å²) in [7, 11) is 1.52. The van der Waals surface area contributed by atoms with Crippen LogP contribution < -0.4 is 10.1 Å². The van der Waals surface area contributed by atoms with Gasteiger partial charge in [-0.2, -0.15) is 0 Å². The lowest BCUT2D eigenvalue weighted by molar-refractivity contribution is -0.147. The SMILES string of the molecule is COc1ccc(Cl)cc1NC(=O)C(C)(C)C(=O)N1CCCC(C)C1. The average Bonchev–Trinajstić information content (AvgIpc) is 2.54. The predicted molar refractivity (Wildman–Crippen MR) is 95.4 cm³/mol. The number of ether oxygens (including phenoxy) is 1. The summed E-state index contributed by atoms with van der Waals surface area (Å²) in [5, 5.41) is 3.26. The summed E-state index contributed by atoms with van der Waals surface area (Å²) in [6.07, 6.45) is 2.10. The molecule has 1 aliphatic heterocycles. The second kappa shape index (κ2) is 7.43. The summed E-state index contributed by atoms with van der Waals surface area (Å²) in [4.78, 5) is 27.3. The number of nitrogens with one attached hydrogen (secondary N) is 1. The summed E-state index contributed by atoms with van der Waals surface area (Å²) in [6.45, 7) is 6.85. The zero-order chi connectivity index (χ0) is 17.9. The van der Waals surface area contributed by atoms with Crippen LogP contribution in [-0.4, -0.2) is 36.9 Å². The molecule has 0 aromatic heterocycles. The van der Waals surface area contributed by atoms with E-state index in [0.717, 1.165) is 12.8 Å². The molecule has 5 nitrogen and oxygen atoms in total. The van der Waals surface area contributed by atoms with Gasteiger partial charge in [-0.25, -0.2) is 0 Å². The highest BCUT2D eigenvalue weighted by Gasteiger charge is 2.40. The second-order valence-electron chi connectivity index (χ2n) is 6.92. The van der Waals surface area contributed by atoms with Crippen molar-refractivity contribution in [1.29, 1.82) is 0 Å². The molecule has 1 fully saturated rings. The number of carbonyl (C=O) groups is 2. The number of hydrogen-bond acceptors (Lipinski definition) is 3. The third-order valence-corrected chi connectivity index (χ3v) is 4.69. The molecular formula is C18H25ClN2O3. The van der Waals surface area contributed by atoms with Gasteiger partial charge < -0.3 is 15.0 Å². The second-order valence-corrected chi connectivity index (χ2v) is 7.36. The Bertz CT molecular complexity index is 631. The Morgan fingerprint density at radius 2 is 2.08 bits per heavy atom. The fraction of sp³-hybridized carbons (Fsp3) is 0.556. The molecular weight excluding hydrogens is 328 g/mol. The molecule has 1 heterocycles. The maximum atomic E-state index is 12.8. The monoisotopic (exact) mass is 352 g/mol. The number of halogens is 1. The van der Waals surface area contributed by atoms with Crippen LogP contribution in [0.2, 0.25) is 5.02 Å². The number of likely N-dealkylation sites (tertiary alicyclic amines) is 1. The van der Waals surface area contributed by atoms with Crippen LogP contribution in [0.1, 0.15) is 33.6 Å². The summed E-state index contributed by atoms with van der Waals surface area (Å²) in [5.74, 6) is 0.455. The fourth-order valence-electron chi connectivity index (χ4n) is 2.92. The van der Waals surface area contributed by atoms with Crippen molar-refractivity contribution in [1.82, 2.24) is 4.90 Å². The van der Waals surface area contributed by atoms with Crippen molar-refractivity contribution in [2.45, 2.75) is 33.6 Å². The molecule has 6 heteroatoms. The van der Waals surface area contributed by atoms with Crippen LogP contribution in [0.15, 0.2) is 18.2 Å². The lowest BCUT2D eigenvalue weighted by atomic mass is 9.88. The first-order valence-corrected chi connectivity index (χ1v) is 8.58. The highest BCUT2D eigenvalue weighted by molar-refractivity contribution is 6.31. The van der Waals surface area contributed by atoms with Crippen LogP contribution in [0.3, 0.4) is 0 Å². The van der Waals surface area contributed by atoms with Gasteiger partial charge in [-0.15, -0.1) is 0 Å². The Hall–Kier alpha value is -1.75. The van der Waals surface area contributed by atoms with E-state index >= 15 is 0 Å². The van der Waals surface area contributed by atoms with Gasteiger partial charge in [-0.05, 0) is 50.8 Å². The first-order valence-electron chi connectivity index (χ1n) is 8.20. The maximum Gasteiger partial charge on any atom is 0.239 e. The van der Waals surface area contributed by atoms with Gasteiger partial charge in [0.15, 0.2) is 0 Å². The van der Waals surface area contributed by atoms with Crippen molar-refractivity contribution in [3.8, 4) is 5.75 Å². The van der Waals surface area contributed by atoms with Gasteiger partial charge in [0.25, 0.3) is 0 Å². The van der Waals surface area contributed by atoms with E-state index in [1.807, 2.05) is 0 Å². The number of carbonyl (C=O) groups excluding carboxylic acids is 2. The summed E-state index contributed by atoms with van der Waals surface area (Å²) in [5.41, 5.74) is -0.701. The lowest BCUT2D eigenvalue weighted by Crippen LogP contribution is -2.50. The molecule has 1 N–H and O–H groups in total. The van der Waals surface area contributed by atoms with Gasteiger partial charge in [-0.1, -0.05) is 18.5 Å². The molecule has 2 rings (SSSR count). The van der Waals surface area contributed by atoms with E-state index in [2.05, 4.69) is 12.2 Å². The minimum absolute atomic E-state index is 0.146. The smallest absolute Gasteiger partial charge is 0.239 e. The third-order valence-electron chi connectivity index (χ3n) is 4.46.